The Balaban J connectivity index is 1.59. The van der Waals surface area contributed by atoms with Crippen LogP contribution in [0.3, 0.4) is 0 Å². The van der Waals surface area contributed by atoms with Crippen LogP contribution in [0.2, 0.25) is 0 Å². The molecule has 1 N–H and O–H groups in total. The maximum absolute atomic E-state index is 13.8. The zero-order chi connectivity index (χ0) is 20.3. The van der Waals surface area contributed by atoms with Crippen LogP contribution in [-0.4, -0.2) is 50.1 Å². The molecule has 2 heterocycles. The fraction of sp³-hybridized carbons (Fsp3) is 0.550. The number of carbonyl (C=O) groups is 1. The van der Waals surface area contributed by atoms with Gasteiger partial charge in [0.05, 0.1) is 18.8 Å². The minimum Gasteiger partial charge on any atom is -0.393 e. The molecule has 1 amide bonds. The first kappa shape index (κ1) is 20.4. The number of likely N-dealkylation sites (tertiary alicyclic amines) is 1. The van der Waals surface area contributed by atoms with Gasteiger partial charge in [-0.25, -0.2) is 13.5 Å². The highest BCUT2D eigenvalue weighted by Crippen LogP contribution is 2.25. The van der Waals surface area contributed by atoms with Gasteiger partial charge in [-0.15, -0.1) is 5.10 Å². The number of carbonyl (C=O) groups excluding carboxylic acids is 1. The Morgan fingerprint density at radius 1 is 1.25 bits per heavy atom. The van der Waals surface area contributed by atoms with Crippen molar-refractivity contribution < 1.29 is 18.7 Å². The van der Waals surface area contributed by atoms with E-state index in [1.807, 2.05) is 0 Å². The lowest BCUT2D eigenvalue weighted by molar-refractivity contribution is 0.0382. The highest BCUT2D eigenvalue weighted by atomic mass is 19.1. The van der Waals surface area contributed by atoms with E-state index in [2.05, 4.69) is 24.2 Å². The van der Waals surface area contributed by atoms with Gasteiger partial charge in [0.25, 0.3) is 5.91 Å². The third-order valence-corrected chi connectivity index (χ3v) is 5.22. The summed E-state index contributed by atoms with van der Waals surface area (Å²) in [6, 6.07) is 3.66. The summed E-state index contributed by atoms with van der Waals surface area (Å²) in [6.07, 6.45) is 3.32. The lowest BCUT2D eigenvalue weighted by atomic mass is 9.87. The van der Waals surface area contributed by atoms with E-state index in [9.17, 15) is 18.7 Å². The third kappa shape index (κ3) is 4.73. The van der Waals surface area contributed by atoms with Crippen molar-refractivity contribution in [1.82, 2.24) is 19.9 Å². The number of nitrogens with zero attached hydrogens (tertiary/aromatic N) is 4. The second-order valence-corrected chi connectivity index (χ2v) is 7.83. The van der Waals surface area contributed by atoms with E-state index in [0.717, 1.165) is 19.3 Å². The lowest BCUT2D eigenvalue weighted by Gasteiger charge is -2.34. The van der Waals surface area contributed by atoms with Gasteiger partial charge in [-0.2, -0.15) is 0 Å². The number of benzene rings is 1. The quantitative estimate of drug-likeness (QED) is 0.821. The molecule has 28 heavy (non-hydrogen) atoms. The zero-order valence-corrected chi connectivity index (χ0v) is 16.2. The van der Waals surface area contributed by atoms with Crippen molar-refractivity contribution >= 4 is 5.91 Å². The maximum atomic E-state index is 13.8. The summed E-state index contributed by atoms with van der Waals surface area (Å²) in [6.45, 7) is 5.12. The molecule has 3 rings (SSSR count). The highest BCUT2D eigenvalue weighted by molar-refractivity contribution is 5.92. The van der Waals surface area contributed by atoms with Crippen LogP contribution in [0.1, 0.15) is 49.2 Å². The van der Waals surface area contributed by atoms with E-state index in [-0.39, 0.29) is 35.7 Å². The molecular weight excluding hydrogens is 366 g/mol. The molecule has 152 valence electrons. The molecule has 0 bridgehead atoms. The van der Waals surface area contributed by atoms with Gasteiger partial charge >= 0.3 is 0 Å². The van der Waals surface area contributed by atoms with Crippen molar-refractivity contribution in [2.75, 3.05) is 13.1 Å². The first-order valence-corrected chi connectivity index (χ1v) is 9.65. The van der Waals surface area contributed by atoms with Crippen molar-refractivity contribution in [1.29, 1.82) is 0 Å². The van der Waals surface area contributed by atoms with E-state index in [0.29, 0.717) is 19.0 Å². The van der Waals surface area contributed by atoms with E-state index in [1.165, 1.54) is 29.1 Å². The van der Waals surface area contributed by atoms with Crippen LogP contribution in [-0.2, 0) is 6.54 Å². The van der Waals surface area contributed by atoms with Crippen LogP contribution in [0, 0.1) is 23.5 Å². The molecular formula is C20H26F2N4O2. The predicted octanol–water partition coefficient (Wildman–Crippen LogP) is 2.86. The summed E-state index contributed by atoms with van der Waals surface area (Å²) in [5.74, 6) is -0.942. The van der Waals surface area contributed by atoms with Crippen LogP contribution in [0.25, 0.3) is 0 Å². The largest absolute Gasteiger partial charge is 0.393 e. The summed E-state index contributed by atoms with van der Waals surface area (Å²) < 4.78 is 28.8. The van der Waals surface area contributed by atoms with Crippen LogP contribution in [0.4, 0.5) is 8.78 Å². The Labute approximate surface area is 163 Å². The van der Waals surface area contributed by atoms with Gasteiger partial charge in [-0.3, -0.25) is 4.79 Å². The minimum atomic E-state index is -0.662. The molecule has 0 saturated carbocycles. The summed E-state index contributed by atoms with van der Waals surface area (Å²) in [7, 11) is 0. The van der Waals surface area contributed by atoms with Crippen molar-refractivity contribution in [2.45, 2.75) is 45.8 Å². The average molecular weight is 392 g/mol. The number of hydrogen-bond donors (Lipinski definition) is 1. The van der Waals surface area contributed by atoms with Crippen LogP contribution < -0.4 is 0 Å². The first-order chi connectivity index (χ1) is 13.3. The molecule has 1 aliphatic heterocycles. The van der Waals surface area contributed by atoms with E-state index in [4.69, 9.17) is 0 Å². The Morgan fingerprint density at radius 3 is 2.50 bits per heavy atom. The fourth-order valence-electron chi connectivity index (χ4n) is 3.64. The number of hydrogen-bond acceptors (Lipinski definition) is 4. The molecule has 1 fully saturated rings. The van der Waals surface area contributed by atoms with Gasteiger partial charge in [-0.1, -0.05) is 25.1 Å². The summed E-state index contributed by atoms with van der Waals surface area (Å²) in [5.41, 5.74) is 0.0317. The van der Waals surface area contributed by atoms with Crippen LogP contribution in [0.5, 0.6) is 0 Å². The summed E-state index contributed by atoms with van der Waals surface area (Å²) in [5, 5.41) is 18.0. The maximum Gasteiger partial charge on any atom is 0.276 e. The molecule has 0 unspecified atom stereocenters. The van der Waals surface area contributed by atoms with E-state index < -0.39 is 11.6 Å². The lowest BCUT2D eigenvalue weighted by Crippen LogP contribution is -2.41. The number of aliphatic hydroxyl groups excluding tert-OH is 1. The number of aromatic nitrogens is 3. The van der Waals surface area contributed by atoms with E-state index in [1.54, 1.807) is 4.90 Å². The van der Waals surface area contributed by atoms with Gasteiger partial charge in [0.15, 0.2) is 5.69 Å². The van der Waals surface area contributed by atoms with Crippen LogP contribution in [0.15, 0.2) is 24.4 Å². The van der Waals surface area contributed by atoms with Gasteiger partial charge in [0.2, 0.25) is 0 Å². The van der Waals surface area contributed by atoms with E-state index >= 15 is 0 Å². The van der Waals surface area contributed by atoms with Crippen molar-refractivity contribution in [2.24, 2.45) is 11.8 Å². The average Bonchev–Trinajstić information content (AvgIpc) is 3.12. The molecule has 2 aromatic rings. The number of amides is 1. The molecule has 0 radical (unpaired) electrons. The normalized spacial score (nSPS) is 16.6. The van der Waals surface area contributed by atoms with Gasteiger partial charge in [0, 0.05) is 18.7 Å². The number of aliphatic hydroxyl groups is 1. The zero-order valence-electron chi connectivity index (χ0n) is 16.2. The number of rotatable bonds is 6. The molecule has 0 spiro atoms. The smallest absolute Gasteiger partial charge is 0.276 e. The number of piperidine rings is 1. The summed E-state index contributed by atoms with van der Waals surface area (Å²) >= 11 is 0. The molecule has 1 atom stereocenters. The molecule has 1 aliphatic rings. The molecule has 0 aliphatic carbocycles. The monoisotopic (exact) mass is 392 g/mol. The molecule has 6 nitrogen and oxygen atoms in total. The Morgan fingerprint density at radius 2 is 1.89 bits per heavy atom. The molecule has 1 aromatic heterocycles. The SMILES string of the molecule is CC(C)C[C@H](O)C1CCN(C(=O)c2cn(Cc3c(F)cccc3F)nn2)CC1. The summed E-state index contributed by atoms with van der Waals surface area (Å²) in [4.78, 5) is 14.3. The molecule has 1 saturated heterocycles. The van der Waals surface area contributed by atoms with Gasteiger partial charge < -0.3 is 10.0 Å². The molecule has 8 heteroatoms. The first-order valence-electron chi connectivity index (χ1n) is 9.65. The Hall–Kier alpha value is -2.35. The highest BCUT2D eigenvalue weighted by Gasteiger charge is 2.29. The van der Waals surface area contributed by atoms with Gasteiger partial charge in [0.1, 0.15) is 11.6 Å². The number of halogens is 2. The Kier molecular flexibility index (Phi) is 6.39. The fourth-order valence-corrected chi connectivity index (χ4v) is 3.64. The van der Waals surface area contributed by atoms with Crippen molar-refractivity contribution in [3.8, 4) is 0 Å². The Bertz CT molecular complexity index is 796. The third-order valence-electron chi connectivity index (χ3n) is 5.22. The second kappa shape index (κ2) is 8.77. The minimum absolute atomic E-state index is 0.119. The van der Waals surface area contributed by atoms with Gasteiger partial charge in [-0.05, 0) is 43.2 Å². The van der Waals surface area contributed by atoms with Crippen molar-refractivity contribution in [3.05, 3.63) is 47.3 Å². The topological polar surface area (TPSA) is 71.2 Å². The van der Waals surface area contributed by atoms with Crippen LogP contribution >= 0.6 is 0 Å². The van der Waals surface area contributed by atoms with Crippen molar-refractivity contribution in [3.63, 3.8) is 0 Å². The molecule has 1 aromatic carbocycles. The predicted molar refractivity (Wildman–Crippen MR) is 99.6 cm³/mol. The standard InChI is InChI=1S/C20H26F2N4O2/c1-13(2)10-19(27)14-6-8-25(9-7-14)20(28)18-12-26(24-23-18)11-15-16(21)4-3-5-17(15)22/h3-5,12-14,19,27H,6-11H2,1-2H3/t19-/m0/s1. The second-order valence-electron chi connectivity index (χ2n) is 7.83.